The Morgan fingerprint density at radius 3 is 3.12 bits per heavy atom. The lowest BCUT2D eigenvalue weighted by atomic mass is 10.1. The Kier molecular flexibility index (Phi) is 2.92. The Labute approximate surface area is 109 Å². The quantitative estimate of drug-likeness (QED) is 0.860. The molecule has 17 heavy (non-hydrogen) atoms. The van der Waals surface area contributed by atoms with E-state index >= 15 is 0 Å². The Morgan fingerprint density at radius 1 is 1.47 bits per heavy atom. The molecular formula is C13H15BrN2O. The zero-order chi connectivity index (χ0) is 11.8. The van der Waals surface area contributed by atoms with E-state index in [1.54, 1.807) is 0 Å². The van der Waals surface area contributed by atoms with Gasteiger partial charge < -0.3 is 10.2 Å². The minimum Gasteiger partial charge on any atom is -0.310 e. The molecule has 4 heteroatoms. The molecule has 0 aromatic heterocycles. The lowest BCUT2D eigenvalue weighted by Gasteiger charge is -2.21. The van der Waals surface area contributed by atoms with Gasteiger partial charge in [-0.3, -0.25) is 4.79 Å². The lowest BCUT2D eigenvalue weighted by molar-refractivity contribution is -0.120. The predicted octanol–water partition coefficient (Wildman–Crippen LogP) is 2.09. The molecule has 2 heterocycles. The average Bonchev–Trinajstić information content (AvgIpc) is 2.98. The molecule has 0 saturated carbocycles. The van der Waals surface area contributed by atoms with Gasteiger partial charge in [-0.05, 0) is 43.5 Å². The summed E-state index contributed by atoms with van der Waals surface area (Å²) in [5.41, 5.74) is 2.34. The third kappa shape index (κ3) is 1.89. The van der Waals surface area contributed by atoms with E-state index in [9.17, 15) is 4.79 Å². The molecule has 0 bridgehead atoms. The van der Waals surface area contributed by atoms with E-state index in [0.29, 0.717) is 0 Å². The first-order valence-electron chi connectivity index (χ1n) is 6.09. The van der Waals surface area contributed by atoms with E-state index in [-0.39, 0.29) is 11.9 Å². The number of carbonyl (C=O) groups is 1. The number of fused-ring (bicyclic) bond motifs is 1. The van der Waals surface area contributed by atoms with Crippen LogP contribution in [-0.4, -0.2) is 25.0 Å². The number of halogens is 1. The van der Waals surface area contributed by atoms with Gasteiger partial charge in [-0.1, -0.05) is 22.0 Å². The van der Waals surface area contributed by atoms with Gasteiger partial charge >= 0.3 is 0 Å². The number of hydrogen-bond donors (Lipinski definition) is 1. The summed E-state index contributed by atoms with van der Waals surface area (Å²) in [5.74, 6) is 0.236. The Bertz CT molecular complexity index is 455. The zero-order valence-corrected chi connectivity index (χ0v) is 11.2. The van der Waals surface area contributed by atoms with Crippen LogP contribution in [0, 0.1) is 0 Å². The first-order valence-corrected chi connectivity index (χ1v) is 6.89. The molecule has 0 radical (unpaired) electrons. The van der Waals surface area contributed by atoms with Crippen LogP contribution in [0.4, 0.5) is 5.69 Å². The first-order chi connectivity index (χ1) is 8.27. The summed E-state index contributed by atoms with van der Waals surface area (Å²) < 4.78 is 1.12. The van der Waals surface area contributed by atoms with Crippen LogP contribution in [0.5, 0.6) is 0 Å². The van der Waals surface area contributed by atoms with E-state index in [4.69, 9.17) is 0 Å². The third-order valence-corrected chi connectivity index (χ3v) is 4.34. The third-order valence-electron chi connectivity index (χ3n) is 3.59. The molecule has 90 valence electrons. The average molecular weight is 295 g/mol. The van der Waals surface area contributed by atoms with Crippen molar-refractivity contribution in [1.82, 2.24) is 5.32 Å². The number of nitrogens with zero attached hydrogens (tertiary/aromatic N) is 1. The van der Waals surface area contributed by atoms with Crippen LogP contribution in [0.1, 0.15) is 18.4 Å². The minimum absolute atomic E-state index is 0.0277. The summed E-state index contributed by atoms with van der Waals surface area (Å²) in [5, 5.41) is 3.28. The van der Waals surface area contributed by atoms with Gasteiger partial charge in [0.15, 0.2) is 0 Å². The van der Waals surface area contributed by atoms with Crippen molar-refractivity contribution in [2.24, 2.45) is 0 Å². The molecule has 1 fully saturated rings. The molecule has 1 aromatic rings. The van der Waals surface area contributed by atoms with Crippen molar-refractivity contribution in [3.05, 3.63) is 28.2 Å². The van der Waals surface area contributed by atoms with Crippen LogP contribution < -0.4 is 10.2 Å². The Morgan fingerprint density at radius 2 is 2.35 bits per heavy atom. The molecule has 3 nitrogen and oxygen atoms in total. The van der Waals surface area contributed by atoms with Crippen LogP contribution >= 0.6 is 15.9 Å². The summed E-state index contributed by atoms with van der Waals surface area (Å²) in [6.45, 7) is 1.78. The molecule has 0 spiro atoms. The van der Waals surface area contributed by atoms with Crippen molar-refractivity contribution in [3.63, 3.8) is 0 Å². The van der Waals surface area contributed by atoms with Crippen LogP contribution in [0.2, 0.25) is 0 Å². The number of nitrogens with one attached hydrogen (secondary N) is 1. The molecule has 0 unspecified atom stereocenters. The maximum absolute atomic E-state index is 12.4. The summed E-state index contributed by atoms with van der Waals surface area (Å²) in [7, 11) is 0. The van der Waals surface area contributed by atoms with Crippen LogP contribution in [0.25, 0.3) is 0 Å². The monoisotopic (exact) mass is 294 g/mol. The molecule has 2 aliphatic heterocycles. The fourth-order valence-corrected chi connectivity index (χ4v) is 3.26. The number of rotatable bonds is 1. The topological polar surface area (TPSA) is 32.3 Å². The highest BCUT2D eigenvalue weighted by atomic mass is 79.9. The molecule has 1 saturated heterocycles. The molecule has 1 aromatic carbocycles. The maximum atomic E-state index is 12.4. The van der Waals surface area contributed by atoms with Gasteiger partial charge in [-0.25, -0.2) is 0 Å². The normalized spacial score (nSPS) is 22.9. The van der Waals surface area contributed by atoms with Gasteiger partial charge in [0.25, 0.3) is 0 Å². The molecule has 1 atom stereocenters. The second-order valence-electron chi connectivity index (χ2n) is 4.63. The molecule has 1 amide bonds. The van der Waals surface area contributed by atoms with E-state index in [2.05, 4.69) is 21.2 Å². The van der Waals surface area contributed by atoms with Crippen LogP contribution in [-0.2, 0) is 11.2 Å². The second kappa shape index (κ2) is 4.42. The van der Waals surface area contributed by atoms with Crippen molar-refractivity contribution in [2.45, 2.75) is 25.3 Å². The lowest BCUT2D eigenvalue weighted by Crippen LogP contribution is -2.42. The van der Waals surface area contributed by atoms with E-state index in [0.717, 1.165) is 42.5 Å². The zero-order valence-electron chi connectivity index (χ0n) is 9.58. The van der Waals surface area contributed by atoms with Crippen molar-refractivity contribution in [3.8, 4) is 0 Å². The fraction of sp³-hybridized carbons (Fsp3) is 0.462. The molecular weight excluding hydrogens is 280 g/mol. The summed E-state index contributed by atoms with van der Waals surface area (Å²) in [6, 6.07) is 6.11. The van der Waals surface area contributed by atoms with Crippen molar-refractivity contribution in [2.75, 3.05) is 18.0 Å². The first kappa shape index (κ1) is 11.2. The van der Waals surface area contributed by atoms with Gasteiger partial charge in [0, 0.05) is 16.7 Å². The molecule has 0 aliphatic carbocycles. The van der Waals surface area contributed by atoms with Crippen molar-refractivity contribution >= 4 is 27.5 Å². The number of carbonyl (C=O) groups excluding carboxylic acids is 1. The fourth-order valence-electron chi connectivity index (χ4n) is 2.70. The van der Waals surface area contributed by atoms with Crippen molar-refractivity contribution in [1.29, 1.82) is 0 Å². The van der Waals surface area contributed by atoms with Crippen LogP contribution in [0.15, 0.2) is 22.7 Å². The van der Waals surface area contributed by atoms with E-state index < -0.39 is 0 Å². The van der Waals surface area contributed by atoms with Gasteiger partial charge in [0.2, 0.25) is 5.91 Å². The molecule has 1 N–H and O–H groups in total. The highest BCUT2D eigenvalue weighted by molar-refractivity contribution is 9.10. The second-order valence-corrected chi connectivity index (χ2v) is 5.48. The van der Waals surface area contributed by atoms with Gasteiger partial charge in [-0.2, -0.15) is 0 Å². The van der Waals surface area contributed by atoms with Gasteiger partial charge in [0.05, 0.1) is 6.04 Å². The largest absolute Gasteiger partial charge is 0.310 e. The molecule has 3 rings (SSSR count). The minimum atomic E-state index is 0.0277. The number of hydrogen-bond acceptors (Lipinski definition) is 2. The van der Waals surface area contributed by atoms with E-state index in [1.165, 1.54) is 5.56 Å². The number of amides is 1. The summed E-state index contributed by atoms with van der Waals surface area (Å²) in [4.78, 5) is 14.3. The summed E-state index contributed by atoms with van der Waals surface area (Å²) in [6.07, 6.45) is 3.03. The maximum Gasteiger partial charge on any atom is 0.244 e. The van der Waals surface area contributed by atoms with E-state index in [1.807, 2.05) is 23.1 Å². The Hall–Kier alpha value is -0.870. The predicted molar refractivity (Wildman–Crippen MR) is 71.2 cm³/mol. The smallest absolute Gasteiger partial charge is 0.244 e. The van der Waals surface area contributed by atoms with Crippen molar-refractivity contribution < 1.29 is 4.79 Å². The molecule has 2 aliphatic rings. The standard InChI is InChI=1S/C13H15BrN2O/c14-10-3-1-5-12-9(10)6-8-16(12)13(17)11-4-2-7-15-11/h1,3,5,11,15H,2,4,6-8H2/t11-/m0/s1. The highest BCUT2D eigenvalue weighted by Gasteiger charge is 2.32. The summed E-state index contributed by atoms with van der Waals surface area (Å²) >= 11 is 3.55. The number of benzene rings is 1. The Balaban J connectivity index is 1.88. The van der Waals surface area contributed by atoms with Gasteiger partial charge in [0.1, 0.15) is 0 Å². The number of anilines is 1. The SMILES string of the molecule is O=C([C@@H]1CCCN1)N1CCc2c(Br)cccc21. The van der Waals surface area contributed by atoms with Gasteiger partial charge in [-0.15, -0.1) is 0 Å². The highest BCUT2D eigenvalue weighted by Crippen LogP contribution is 2.34. The van der Waals surface area contributed by atoms with Crippen LogP contribution in [0.3, 0.4) is 0 Å².